The Morgan fingerprint density at radius 2 is 1.90 bits per heavy atom. The Kier molecular flexibility index (Phi) is 4.55. The van der Waals surface area contributed by atoms with Gasteiger partial charge < -0.3 is 15.3 Å². The van der Waals surface area contributed by atoms with E-state index in [1.807, 2.05) is 4.90 Å². The third kappa shape index (κ3) is 3.64. The Hall–Kier alpha value is -1.26. The van der Waals surface area contributed by atoms with Crippen LogP contribution in [0.5, 0.6) is 0 Å². The standard InChI is InChI=1S/C15H26N2O3/c1-15(2)8-9-17(10-15)14(20)16-12-7-5-3-4-6-11(12)13(18)19/h11-12H,3-10H2,1-2H3,(H,16,20)(H,18,19). The number of hydrogen-bond acceptors (Lipinski definition) is 2. The lowest BCUT2D eigenvalue weighted by atomic mass is 9.93. The van der Waals surface area contributed by atoms with Gasteiger partial charge in [-0.2, -0.15) is 0 Å². The third-order valence-electron chi connectivity index (χ3n) is 4.61. The summed E-state index contributed by atoms with van der Waals surface area (Å²) in [5.74, 6) is -1.21. The normalized spacial score (nSPS) is 29.8. The molecule has 1 heterocycles. The SMILES string of the molecule is CC1(C)CCN(C(=O)NC2CCCCCC2C(=O)O)C1. The van der Waals surface area contributed by atoms with Gasteiger partial charge in [-0.1, -0.05) is 33.1 Å². The number of aliphatic carboxylic acids is 1. The number of nitrogens with one attached hydrogen (secondary N) is 1. The first-order chi connectivity index (χ1) is 9.39. The van der Waals surface area contributed by atoms with Crippen molar-refractivity contribution in [3.05, 3.63) is 0 Å². The maximum atomic E-state index is 12.3. The number of carbonyl (C=O) groups is 2. The van der Waals surface area contributed by atoms with Gasteiger partial charge in [-0.25, -0.2) is 4.79 Å². The molecular weight excluding hydrogens is 256 g/mol. The molecule has 2 unspecified atom stereocenters. The van der Waals surface area contributed by atoms with Crippen LogP contribution in [-0.2, 0) is 4.79 Å². The summed E-state index contributed by atoms with van der Waals surface area (Å²) in [5, 5.41) is 12.3. The van der Waals surface area contributed by atoms with E-state index in [9.17, 15) is 14.7 Å². The quantitative estimate of drug-likeness (QED) is 0.764. The minimum atomic E-state index is -0.779. The monoisotopic (exact) mass is 282 g/mol. The van der Waals surface area contributed by atoms with Crippen LogP contribution in [0.25, 0.3) is 0 Å². The van der Waals surface area contributed by atoms with Crippen molar-refractivity contribution in [1.82, 2.24) is 10.2 Å². The number of likely N-dealkylation sites (tertiary alicyclic amines) is 1. The number of nitrogens with zero attached hydrogens (tertiary/aromatic N) is 1. The highest BCUT2D eigenvalue weighted by atomic mass is 16.4. The first-order valence-corrected chi connectivity index (χ1v) is 7.67. The Bertz CT molecular complexity index is 381. The van der Waals surface area contributed by atoms with Crippen LogP contribution in [0, 0.1) is 11.3 Å². The van der Waals surface area contributed by atoms with Gasteiger partial charge in [0.25, 0.3) is 0 Å². The van der Waals surface area contributed by atoms with E-state index in [-0.39, 0.29) is 17.5 Å². The Labute approximate surface area is 120 Å². The molecule has 0 aromatic carbocycles. The van der Waals surface area contributed by atoms with Crippen LogP contribution in [0.1, 0.15) is 52.4 Å². The number of rotatable bonds is 2. The summed E-state index contributed by atoms with van der Waals surface area (Å²) in [6.45, 7) is 5.84. The zero-order valence-electron chi connectivity index (χ0n) is 12.5. The summed E-state index contributed by atoms with van der Waals surface area (Å²) in [7, 11) is 0. The van der Waals surface area contributed by atoms with E-state index in [2.05, 4.69) is 19.2 Å². The molecule has 2 fully saturated rings. The number of hydrogen-bond donors (Lipinski definition) is 2. The van der Waals surface area contributed by atoms with Gasteiger partial charge in [0, 0.05) is 19.1 Å². The topological polar surface area (TPSA) is 69.6 Å². The largest absolute Gasteiger partial charge is 0.481 e. The van der Waals surface area contributed by atoms with Gasteiger partial charge in [0.2, 0.25) is 0 Å². The fraction of sp³-hybridized carbons (Fsp3) is 0.867. The second-order valence-corrected chi connectivity index (χ2v) is 6.97. The fourth-order valence-corrected chi connectivity index (χ4v) is 3.31. The third-order valence-corrected chi connectivity index (χ3v) is 4.61. The molecule has 5 heteroatoms. The van der Waals surface area contributed by atoms with E-state index in [1.54, 1.807) is 0 Å². The predicted octanol–water partition coefficient (Wildman–Crippen LogP) is 2.46. The molecule has 1 saturated carbocycles. The van der Waals surface area contributed by atoms with Crippen LogP contribution in [0.4, 0.5) is 4.79 Å². The zero-order valence-corrected chi connectivity index (χ0v) is 12.5. The van der Waals surface area contributed by atoms with Crippen LogP contribution in [0.3, 0.4) is 0 Å². The summed E-state index contributed by atoms with van der Waals surface area (Å²) in [6.07, 6.45) is 5.46. The molecule has 2 amide bonds. The average Bonchev–Trinajstić information content (AvgIpc) is 2.59. The van der Waals surface area contributed by atoms with Gasteiger partial charge in [0.1, 0.15) is 0 Å². The Morgan fingerprint density at radius 1 is 1.20 bits per heavy atom. The van der Waals surface area contributed by atoms with Gasteiger partial charge >= 0.3 is 12.0 Å². The van der Waals surface area contributed by atoms with Gasteiger partial charge in [0.15, 0.2) is 0 Å². The lowest BCUT2D eigenvalue weighted by Crippen LogP contribution is -2.48. The van der Waals surface area contributed by atoms with E-state index in [0.29, 0.717) is 6.42 Å². The molecule has 114 valence electrons. The summed E-state index contributed by atoms with van der Waals surface area (Å²) in [4.78, 5) is 25.5. The average molecular weight is 282 g/mol. The zero-order chi connectivity index (χ0) is 14.8. The molecule has 0 aromatic rings. The number of carboxylic acid groups (broad SMARTS) is 1. The summed E-state index contributed by atoms with van der Waals surface area (Å²) in [5.41, 5.74) is 0.174. The van der Waals surface area contributed by atoms with Crippen molar-refractivity contribution >= 4 is 12.0 Å². The second kappa shape index (κ2) is 6.02. The van der Waals surface area contributed by atoms with E-state index < -0.39 is 11.9 Å². The van der Waals surface area contributed by atoms with Gasteiger partial charge in [-0.3, -0.25) is 4.79 Å². The molecule has 1 saturated heterocycles. The smallest absolute Gasteiger partial charge is 0.317 e. The fourth-order valence-electron chi connectivity index (χ4n) is 3.31. The first kappa shape index (κ1) is 15.1. The lowest BCUT2D eigenvalue weighted by Gasteiger charge is -2.27. The molecule has 5 nitrogen and oxygen atoms in total. The van der Waals surface area contributed by atoms with Gasteiger partial charge in [0.05, 0.1) is 5.92 Å². The molecule has 2 atom stereocenters. The number of carboxylic acids is 1. The lowest BCUT2D eigenvalue weighted by molar-refractivity contribution is -0.142. The molecule has 0 bridgehead atoms. The van der Waals surface area contributed by atoms with Crippen molar-refractivity contribution in [1.29, 1.82) is 0 Å². The molecule has 2 aliphatic rings. The van der Waals surface area contributed by atoms with Crippen LogP contribution >= 0.6 is 0 Å². The van der Waals surface area contributed by atoms with Crippen molar-refractivity contribution in [3.63, 3.8) is 0 Å². The Balaban J connectivity index is 1.96. The molecule has 1 aliphatic heterocycles. The molecule has 0 spiro atoms. The van der Waals surface area contributed by atoms with Crippen molar-refractivity contribution in [3.8, 4) is 0 Å². The van der Waals surface area contributed by atoms with E-state index >= 15 is 0 Å². The predicted molar refractivity (Wildman–Crippen MR) is 76.5 cm³/mol. The van der Waals surface area contributed by atoms with Crippen molar-refractivity contribution in [2.45, 2.75) is 58.4 Å². The van der Waals surface area contributed by atoms with Crippen LogP contribution in [-0.4, -0.2) is 41.1 Å². The highest BCUT2D eigenvalue weighted by Gasteiger charge is 2.35. The molecule has 0 radical (unpaired) electrons. The van der Waals surface area contributed by atoms with Crippen LogP contribution < -0.4 is 5.32 Å². The van der Waals surface area contributed by atoms with Crippen LogP contribution in [0.2, 0.25) is 0 Å². The summed E-state index contributed by atoms with van der Waals surface area (Å²) in [6, 6.07) is -0.306. The minimum absolute atomic E-state index is 0.0891. The molecule has 0 aromatic heterocycles. The van der Waals surface area contributed by atoms with E-state index in [0.717, 1.165) is 45.2 Å². The maximum absolute atomic E-state index is 12.3. The van der Waals surface area contributed by atoms with Gasteiger partial charge in [-0.15, -0.1) is 0 Å². The van der Waals surface area contributed by atoms with E-state index in [1.165, 1.54) is 0 Å². The maximum Gasteiger partial charge on any atom is 0.317 e. The summed E-state index contributed by atoms with van der Waals surface area (Å²) < 4.78 is 0. The highest BCUT2D eigenvalue weighted by Crippen LogP contribution is 2.29. The highest BCUT2D eigenvalue weighted by molar-refractivity contribution is 5.77. The van der Waals surface area contributed by atoms with Crippen molar-refractivity contribution in [2.24, 2.45) is 11.3 Å². The number of carbonyl (C=O) groups excluding carboxylic acids is 1. The van der Waals surface area contributed by atoms with Gasteiger partial charge in [-0.05, 0) is 24.7 Å². The number of amides is 2. The molecule has 20 heavy (non-hydrogen) atoms. The summed E-state index contributed by atoms with van der Waals surface area (Å²) >= 11 is 0. The molecule has 1 aliphatic carbocycles. The molecule has 2 N–H and O–H groups in total. The number of urea groups is 1. The molecular formula is C15H26N2O3. The van der Waals surface area contributed by atoms with Crippen molar-refractivity contribution < 1.29 is 14.7 Å². The van der Waals surface area contributed by atoms with Crippen molar-refractivity contribution in [2.75, 3.05) is 13.1 Å². The second-order valence-electron chi connectivity index (χ2n) is 6.97. The van der Waals surface area contributed by atoms with Crippen LogP contribution in [0.15, 0.2) is 0 Å². The molecule has 2 rings (SSSR count). The minimum Gasteiger partial charge on any atom is -0.481 e. The van der Waals surface area contributed by atoms with E-state index in [4.69, 9.17) is 0 Å². The Morgan fingerprint density at radius 3 is 2.50 bits per heavy atom. The first-order valence-electron chi connectivity index (χ1n) is 7.67.